The normalized spacial score (nSPS) is 31.6. The lowest BCUT2D eigenvalue weighted by Crippen LogP contribution is -2.34. The highest BCUT2D eigenvalue weighted by molar-refractivity contribution is 5.92. The molecule has 1 saturated heterocycles. The van der Waals surface area contributed by atoms with Gasteiger partial charge in [-0.15, -0.1) is 0 Å². The van der Waals surface area contributed by atoms with Gasteiger partial charge in [0.15, 0.2) is 0 Å². The van der Waals surface area contributed by atoms with E-state index in [1.165, 1.54) is 13.0 Å². The van der Waals surface area contributed by atoms with E-state index in [1.807, 2.05) is 13.0 Å². The Labute approximate surface area is 170 Å². The Morgan fingerprint density at radius 3 is 2.62 bits per heavy atom. The van der Waals surface area contributed by atoms with Gasteiger partial charge in [-0.1, -0.05) is 18.2 Å². The van der Waals surface area contributed by atoms with Crippen LogP contribution in [0.2, 0.25) is 0 Å². The quantitative estimate of drug-likeness (QED) is 0.333. The highest BCUT2D eigenvalue weighted by Gasteiger charge is 2.44. The average Bonchev–Trinajstić information content (AvgIpc) is 2.90. The van der Waals surface area contributed by atoms with Crippen LogP contribution < -0.4 is 0 Å². The van der Waals surface area contributed by atoms with E-state index in [1.54, 1.807) is 19.9 Å². The minimum Gasteiger partial charge on any atom is -0.458 e. The Morgan fingerprint density at radius 2 is 2.00 bits per heavy atom. The Hall–Kier alpha value is -2.67. The second-order valence-corrected chi connectivity index (χ2v) is 7.43. The predicted molar refractivity (Wildman–Crippen MR) is 106 cm³/mol. The summed E-state index contributed by atoms with van der Waals surface area (Å²) >= 11 is 0. The fourth-order valence-corrected chi connectivity index (χ4v) is 3.48. The maximum atomic E-state index is 12.4. The van der Waals surface area contributed by atoms with Crippen molar-refractivity contribution in [3.05, 3.63) is 47.1 Å². The third-order valence-corrected chi connectivity index (χ3v) is 5.09. The van der Waals surface area contributed by atoms with Gasteiger partial charge in [0.2, 0.25) is 0 Å². The second-order valence-electron chi connectivity index (χ2n) is 7.43. The van der Waals surface area contributed by atoms with Crippen LogP contribution in [0.4, 0.5) is 0 Å². The third kappa shape index (κ3) is 5.67. The number of carbonyl (C=O) groups excluding carboxylic acids is 3. The molecule has 1 aliphatic heterocycles. The number of esters is 3. The number of fused-ring (bicyclic) bond motifs is 1. The van der Waals surface area contributed by atoms with E-state index in [4.69, 9.17) is 19.3 Å². The van der Waals surface area contributed by atoms with Crippen molar-refractivity contribution in [3.8, 4) is 0 Å². The molecule has 0 amide bonds. The highest BCUT2D eigenvalue weighted by Crippen LogP contribution is 2.36. The fraction of sp³-hybridized carbons (Fsp3) is 0.500. The van der Waals surface area contributed by atoms with Gasteiger partial charge >= 0.3 is 17.9 Å². The SMILES string of the molecule is C=C1C(=O)O[C@@H]2/C=C(\C)[C@@H](OC(C)=O)C/C=C(\C)C[C@@H](OC(=O)/C(C)=C/CO)[C@@H]12. The summed E-state index contributed by atoms with van der Waals surface area (Å²) in [5, 5.41) is 9.01. The average molecular weight is 404 g/mol. The molecule has 0 unspecified atom stereocenters. The Morgan fingerprint density at radius 1 is 1.31 bits per heavy atom. The first-order chi connectivity index (χ1) is 13.6. The molecule has 1 heterocycles. The number of rotatable bonds is 4. The molecule has 2 aliphatic rings. The lowest BCUT2D eigenvalue weighted by molar-refractivity contribution is -0.148. The van der Waals surface area contributed by atoms with Gasteiger partial charge in [-0.3, -0.25) is 4.79 Å². The molecule has 0 aromatic rings. The van der Waals surface area contributed by atoms with E-state index in [9.17, 15) is 14.4 Å². The Kier molecular flexibility index (Phi) is 7.56. The molecular weight excluding hydrogens is 376 g/mol. The summed E-state index contributed by atoms with van der Waals surface area (Å²) in [5.41, 5.74) is 2.17. The highest BCUT2D eigenvalue weighted by atomic mass is 16.6. The molecule has 1 aliphatic carbocycles. The third-order valence-electron chi connectivity index (χ3n) is 5.09. The van der Waals surface area contributed by atoms with Gasteiger partial charge in [0.05, 0.1) is 12.5 Å². The summed E-state index contributed by atoms with van der Waals surface area (Å²) in [7, 11) is 0. The molecule has 0 saturated carbocycles. The molecule has 1 fully saturated rings. The molecule has 7 nitrogen and oxygen atoms in total. The van der Waals surface area contributed by atoms with E-state index in [-0.39, 0.29) is 17.8 Å². The first-order valence-corrected chi connectivity index (χ1v) is 9.53. The first-order valence-electron chi connectivity index (χ1n) is 9.53. The van der Waals surface area contributed by atoms with E-state index < -0.39 is 42.1 Å². The first kappa shape index (κ1) is 22.6. The van der Waals surface area contributed by atoms with Crippen molar-refractivity contribution in [1.82, 2.24) is 0 Å². The summed E-state index contributed by atoms with van der Waals surface area (Å²) in [6.45, 7) is 10.2. The topological polar surface area (TPSA) is 99.1 Å². The minimum atomic E-state index is -0.682. The molecule has 0 spiro atoms. The lowest BCUT2D eigenvalue weighted by Gasteiger charge is -2.28. The Bertz CT molecular complexity index is 787. The predicted octanol–water partition coefficient (Wildman–Crippen LogP) is 2.55. The van der Waals surface area contributed by atoms with Crippen molar-refractivity contribution >= 4 is 17.9 Å². The number of ether oxygens (including phenoxy) is 3. The van der Waals surface area contributed by atoms with Gasteiger partial charge in [-0.25, -0.2) is 9.59 Å². The second kappa shape index (κ2) is 9.69. The molecule has 0 bridgehead atoms. The standard InChI is InChI=1S/C22H28O7/c1-12-6-7-17(27-16(5)24)14(3)11-19-20(15(4)22(26)29-19)18(10-12)28-21(25)13(2)8-9-23/h6,8,11,17-20,23H,4,7,9-10H2,1-3,5H3/b12-6+,13-8+,14-11+/t17-,18+,19+,20+/m0/s1. The largest absolute Gasteiger partial charge is 0.458 e. The molecule has 0 radical (unpaired) electrons. The monoisotopic (exact) mass is 404 g/mol. The van der Waals surface area contributed by atoms with E-state index in [0.717, 1.165) is 11.1 Å². The van der Waals surface area contributed by atoms with Gasteiger partial charge < -0.3 is 19.3 Å². The van der Waals surface area contributed by atoms with Crippen LogP contribution in [-0.2, 0) is 28.6 Å². The smallest absolute Gasteiger partial charge is 0.334 e. The van der Waals surface area contributed by atoms with Crippen LogP contribution in [0.1, 0.15) is 40.5 Å². The van der Waals surface area contributed by atoms with Crippen LogP contribution in [0.3, 0.4) is 0 Å². The summed E-state index contributed by atoms with van der Waals surface area (Å²) in [6.07, 6.45) is 4.05. The molecule has 0 aromatic carbocycles. The maximum absolute atomic E-state index is 12.4. The van der Waals surface area contributed by atoms with Crippen LogP contribution in [-0.4, -0.2) is 47.9 Å². The molecular formula is C22H28O7. The van der Waals surface area contributed by atoms with Crippen molar-refractivity contribution < 1.29 is 33.7 Å². The van der Waals surface area contributed by atoms with Crippen molar-refractivity contribution in [1.29, 1.82) is 0 Å². The number of carbonyl (C=O) groups is 3. The van der Waals surface area contributed by atoms with Crippen LogP contribution >= 0.6 is 0 Å². The van der Waals surface area contributed by atoms with E-state index in [0.29, 0.717) is 12.8 Å². The molecule has 158 valence electrons. The summed E-state index contributed by atoms with van der Waals surface area (Å²) in [6, 6.07) is 0. The molecule has 7 heteroatoms. The number of aliphatic hydroxyl groups excluding tert-OH is 1. The zero-order chi connectivity index (χ0) is 21.7. The van der Waals surface area contributed by atoms with E-state index >= 15 is 0 Å². The fourth-order valence-electron chi connectivity index (χ4n) is 3.48. The zero-order valence-electron chi connectivity index (χ0n) is 17.3. The van der Waals surface area contributed by atoms with Gasteiger partial charge in [0.25, 0.3) is 0 Å². The molecule has 4 atom stereocenters. The summed E-state index contributed by atoms with van der Waals surface area (Å²) in [5.74, 6) is -2.08. The molecule has 2 rings (SSSR count). The zero-order valence-corrected chi connectivity index (χ0v) is 17.3. The Balaban J connectivity index is 2.42. The number of hydrogen-bond acceptors (Lipinski definition) is 7. The minimum absolute atomic E-state index is 0.234. The number of hydrogen-bond donors (Lipinski definition) is 1. The van der Waals surface area contributed by atoms with Crippen molar-refractivity contribution in [2.24, 2.45) is 5.92 Å². The maximum Gasteiger partial charge on any atom is 0.334 e. The van der Waals surface area contributed by atoms with Crippen LogP contribution in [0.15, 0.2) is 47.1 Å². The molecule has 0 aromatic heterocycles. The van der Waals surface area contributed by atoms with Crippen LogP contribution in [0.5, 0.6) is 0 Å². The van der Waals surface area contributed by atoms with Crippen molar-refractivity contribution in [2.45, 2.75) is 58.8 Å². The van der Waals surface area contributed by atoms with Crippen LogP contribution in [0, 0.1) is 5.92 Å². The van der Waals surface area contributed by atoms with Gasteiger partial charge in [-0.05, 0) is 38.5 Å². The van der Waals surface area contributed by atoms with E-state index in [2.05, 4.69) is 6.58 Å². The van der Waals surface area contributed by atoms with Gasteiger partial charge in [0, 0.05) is 30.9 Å². The van der Waals surface area contributed by atoms with Gasteiger partial charge in [-0.2, -0.15) is 0 Å². The molecule has 1 N–H and O–H groups in total. The summed E-state index contributed by atoms with van der Waals surface area (Å²) < 4.78 is 16.6. The summed E-state index contributed by atoms with van der Waals surface area (Å²) in [4.78, 5) is 36.1. The van der Waals surface area contributed by atoms with Crippen molar-refractivity contribution in [3.63, 3.8) is 0 Å². The van der Waals surface area contributed by atoms with Crippen LogP contribution in [0.25, 0.3) is 0 Å². The molecule has 29 heavy (non-hydrogen) atoms. The van der Waals surface area contributed by atoms with Gasteiger partial charge in [0.1, 0.15) is 18.3 Å². The lowest BCUT2D eigenvalue weighted by atomic mass is 9.85. The van der Waals surface area contributed by atoms with Crippen molar-refractivity contribution in [2.75, 3.05) is 6.61 Å². The number of aliphatic hydroxyl groups is 1.